The lowest BCUT2D eigenvalue weighted by molar-refractivity contribution is 0.410. The summed E-state index contributed by atoms with van der Waals surface area (Å²) >= 11 is 0. The first-order chi connectivity index (χ1) is 8.30. The molecule has 0 aliphatic rings. The fourth-order valence-electron chi connectivity index (χ4n) is 1.54. The van der Waals surface area contributed by atoms with Gasteiger partial charge in [0.1, 0.15) is 12.0 Å². The predicted octanol–water partition coefficient (Wildman–Crippen LogP) is 2.39. The summed E-state index contributed by atoms with van der Waals surface area (Å²) in [7, 11) is 1.77. The number of rotatable bonds is 6. The number of halogens is 1. The van der Waals surface area contributed by atoms with Crippen LogP contribution in [0.15, 0.2) is 21.8 Å². The second-order valence-corrected chi connectivity index (χ2v) is 3.98. The molecule has 18 heavy (non-hydrogen) atoms. The Morgan fingerprint density at radius 2 is 2.11 bits per heavy atom. The van der Waals surface area contributed by atoms with Gasteiger partial charge in [-0.3, -0.25) is 4.99 Å². The first-order valence-electron chi connectivity index (χ1n) is 6.13. The highest BCUT2D eigenvalue weighted by Crippen LogP contribution is 2.04. The zero-order valence-corrected chi connectivity index (χ0v) is 13.6. The minimum Gasteiger partial charge on any atom is -0.364 e. The van der Waals surface area contributed by atoms with Crippen molar-refractivity contribution in [3.8, 4) is 0 Å². The van der Waals surface area contributed by atoms with Crippen molar-refractivity contribution >= 4 is 29.9 Å². The van der Waals surface area contributed by atoms with E-state index in [0.29, 0.717) is 12.5 Å². The molecule has 2 N–H and O–H groups in total. The van der Waals surface area contributed by atoms with Gasteiger partial charge in [-0.25, -0.2) is 0 Å². The van der Waals surface area contributed by atoms with E-state index < -0.39 is 0 Å². The lowest BCUT2D eigenvalue weighted by atomic mass is 10.0. The number of nitrogens with zero attached hydrogens (tertiary/aromatic N) is 2. The summed E-state index contributed by atoms with van der Waals surface area (Å²) in [6.45, 7) is 5.99. The van der Waals surface area contributed by atoms with Crippen LogP contribution in [0.5, 0.6) is 0 Å². The molecule has 1 aromatic rings. The van der Waals surface area contributed by atoms with Crippen LogP contribution in [0.3, 0.4) is 0 Å². The predicted molar refractivity (Wildman–Crippen MR) is 84.2 cm³/mol. The molecule has 0 bridgehead atoms. The normalized spacial score (nSPS) is 11.2. The van der Waals surface area contributed by atoms with Crippen LogP contribution >= 0.6 is 24.0 Å². The average Bonchev–Trinajstić information content (AvgIpc) is 2.87. The van der Waals surface area contributed by atoms with E-state index in [1.807, 2.05) is 6.07 Å². The summed E-state index contributed by atoms with van der Waals surface area (Å²) in [5, 5.41) is 10.3. The van der Waals surface area contributed by atoms with Gasteiger partial charge < -0.3 is 15.2 Å². The third kappa shape index (κ3) is 6.23. The Bertz CT molecular complexity index is 323. The molecule has 1 rings (SSSR count). The first-order valence-corrected chi connectivity index (χ1v) is 6.13. The molecule has 0 unspecified atom stereocenters. The third-order valence-corrected chi connectivity index (χ3v) is 2.86. The first kappa shape index (κ1) is 17.2. The minimum atomic E-state index is 0. The maximum Gasteiger partial charge on any atom is 0.191 e. The van der Waals surface area contributed by atoms with E-state index >= 15 is 0 Å². The van der Waals surface area contributed by atoms with Gasteiger partial charge in [0.2, 0.25) is 0 Å². The lowest BCUT2D eigenvalue weighted by Gasteiger charge is -2.16. The topological polar surface area (TPSA) is 62.5 Å². The van der Waals surface area contributed by atoms with Gasteiger partial charge in [-0.05, 0) is 5.92 Å². The van der Waals surface area contributed by atoms with Gasteiger partial charge in [0.25, 0.3) is 0 Å². The molecule has 0 saturated carbocycles. The summed E-state index contributed by atoms with van der Waals surface area (Å²) in [6, 6.07) is 1.83. The van der Waals surface area contributed by atoms with E-state index in [0.717, 1.165) is 18.2 Å². The van der Waals surface area contributed by atoms with E-state index in [9.17, 15) is 0 Å². The van der Waals surface area contributed by atoms with E-state index in [2.05, 4.69) is 34.6 Å². The standard InChI is InChI=1S/C12H22N4O.HI/c1-4-10(5-2)8-14-12(13-3)15-9-11-6-7-17-16-11;/h6-7,10H,4-5,8-9H2,1-3H3,(H2,13,14,15);1H. The molecule has 0 fully saturated rings. The van der Waals surface area contributed by atoms with Crippen molar-refractivity contribution < 1.29 is 4.52 Å². The summed E-state index contributed by atoms with van der Waals surface area (Å²) in [6.07, 6.45) is 3.94. The van der Waals surface area contributed by atoms with E-state index in [1.165, 1.54) is 12.8 Å². The van der Waals surface area contributed by atoms with Gasteiger partial charge in [0.15, 0.2) is 5.96 Å². The molecule has 0 aliphatic heterocycles. The number of aromatic nitrogens is 1. The molecule has 0 aromatic carbocycles. The van der Waals surface area contributed by atoms with Crippen molar-refractivity contribution in [1.82, 2.24) is 15.8 Å². The van der Waals surface area contributed by atoms with Crippen LogP contribution in [0.1, 0.15) is 32.4 Å². The van der Waals surface area contributed by atoms with Crippen LogP contribution in [0.4, 0.5) is 0 Å². The summed E-state index contributed by atoms with van der Waals surface area (Å²) in [5.41, 5.74) is 0.871. The minimum absolute atomic E-state index is 0. The van der Waals surface area contributed by atoms with Gasteiger partial charge in [-0.2, -0.15) is 0 Å². The van der Waals surface area contributed by atoms with Crippen molar-refractivity contribution in [3.63, 3.8) is 0 Å². The number of hydrogen-bond acceptors (Lipinski definition) is 3. The Kier molecular flexibility index (Phi) is 9.72. The number of aliphatic imine (C=N–C) groups is 1. The molecule has 0 spiro atoms. The summed E-state index contributed by atoms with van der Waals surface area (Å²) in [5.74, 6) is 1.50. The molecule has 6 heteroatoms. The zero-order chi connectivity index (χ0) is 12.5. The van der Waals surface area contributed by atoms with Crippen LogP contribution in [0.2, 0.25) is 0 Å². The van der Waals surface area contributed by atoms with Gasteiger partial charge >= 0.3 is 0 Å². The van der Waals surface area contributed by atoms with Crippen LogP contribution in [0, 0.1) is 5.92 Å². The fraction of sp³-hybridized carbons (Fsp3) is 0.667. The molecular weight excluding hydrogens is 343 g/mol. The molecule has 104 valence electrons. The van der Waals surface area contributed by atoms with E-state index in [1.54, 1.807) is 13.3 Å². The van der Waals surface area contributed by atoms with Crippen LogP contribution < -0.4 is 10.6 Å². The van der Waals surface area contributed by atoms with Gasteiger partial charge in [0, 0.05) is 19.7 Å². The van der Waals surface area contributed by atoms with E-state index in [4.69, 9.17) is 4.52 Å². The summed E-state index contributed by atoms with van der Waals surface area (Å²) in [4.78, 5) is 4.16. The lowest BCUT2D eigenvalue weighted by Crippen LogP contribution is -2.39. The van der Waals surface area contributed by atoms with Crippen LogP contribution in [-0.4, -0.2) is 24.7 Å². The maximum atomic E-state index is 4.76. The fourth-order valence-corrected chi connectivity index (χ4v) is 1.54. The quantitative estimate of drug-likeness (QED) is 0.461. The molecule has 0 radical (unpaired) electrons. The second kappa shape index (κ2) is 10.2. The van der Waals surface area contributed by atoms with Crippen molar-refractivity contribution in [3.05, 3.63) is 18.0 Å². The van der Waals surface area contributed by atoms with Gasteiger partial charge in [0.05, 0.1) is 6.54 Å². The van der Waals surface area contributed by atoms with Gasteiger partial charge in [-0.1, -0.05) is 31.8 Å². The molecular formula is C12H23IN4O. The van der Waals surface area contributed by atoms with Crippen LogP contribution in [0.25, 0.3) is 0 Å². The van der Waals surface area contributed by atoms with Crippen molar-refractivity contribution in [2.75, 3.05) is 13.6 Å². The molecule has 0 atom stereocenters. The smallest absolute Gasteiger partial charge is 0.191 e. The summed E-state index contributed by atoms with van der Waals surface area (Å²) < 4.78 is 4.76. The Morgan fingerprint density at radius 1 is 1.39 bits per heavy atom. The largest absolute Gasteiger partial charge is 0.364 e. The third-order valence-electron chi connectivity index (χ3n) is 2.86. The monoisotopic (exact) mass is 366 g/mol. The molecule has 0 saturated heterocycles. The van der Waals surface area contributed by atoms with Crippen LogP contribution in [-0.2, 0) is 6.54 Å². The molecule has 0 amide bonds. The van der Waals surface area contributed by atoms with E-state index in [-0.39, 0.29) is 24.0 Å². The Balaban J connectivity index is 0.00000289. The number of hydrogen-bond donors (Lipinski definition) is 2. The second-order valence-electron chi connectivity index (χ2n) is 3.98. The van der Waals surface area contributed by atoms with Crippen molar-refractivity contribution in [1.29, 1.82) is 0 Å². The van der Waals surface area contributed by atoms with Crippen molar-refractivity contribution in [2.24, 2.45) is 10.9 Å². The highest BCUT2D eigenvalue weighted by atomic mass is 127. The highest BCUT2D eigenvalue weighted by molar-refractivity contribution is 14.0. The Labute approximate surface area is 126 Å². The number of guanidine groups is 1. The molecule has 1 aromatic heterocycles. The SMILES string of the molecule is CCC(CC)CNC(=NC)NCc1ccon1.I. The molecule has 5 nitrogen and oxygen atoms in total. The molecule has 1 heterocycles. The molecule has 0 aliphatic carbocycles. The van der Waals surface area contributed by atoms with Gasteiger partial charge in [-0.15, -0.1) is 24.0 Å². The van der Waals surface area contributed by atoms with Crippen molar-refractivity contribution in [2.45, 2.75) is 33.2 Å². The highest BCUT2D eigenvalue weighted by Gasteiger charge is 2.05. The Hall–Kier alpha value is -0.790. The average molecular weight is 366 g/mol. The number of nitrogens with one attached hydrogen (secondary N) is 2. The Morgan fingerprint density at radius 3 is 2.61 bits per heavy atom. The zero-order valence-electron chi connectivity index (χ0n) is 11.3. The maximum absolute atomic E-state index is 4.76.